The van der Waals surface area contributed by atoms with E-state index in [1.165, 1.54) is 0 Å². The smallest absolute Gasteiger partial charge is 0.0705 e. The Labute approximate surface area is 82.8 Å². The minimum atomic E-state index is -0.398. The second kappa shape index (κ2) is 5.17. The molecular weight excluding hydrogens is 188 g/mol. The molecule has 0 fully saturated rings. The predicted molar refractivity (Wildman–Crippen MR) is 52.9 cm³/mol. The third-order valence-corrected chi connectivity index (χ3v) is 2.09. The van der Waals surface area contributed by atoms with Crippen molar-refractivity contribution < 1.29 is 5.11 Å². The molecule has 0 spiro atoms. The van der Waals surface area contributed by atoms with E-state index in [0.717, 1.165) is 5.56 Å². The molecule has 1 atom stereocenters. The molecule has 72 valence electrons. The van der Waals surface area contributed by atoms with Gasteiger partial charge in [-0.2, -0.15) is 0 Å². The van der Waals surface area contributed by atoms with E-state index in [1.54, 1.807) is 19.4 Å². The van der Waals surface area contributed by atoms with Crippen LogP contribution in [0.25, 0.3) is 0 Å². The summed E-state index contributed by atoms with van der Waals surface area (Å²) in [5.41, 5.74) is 0.930. The molecule has 0 aliphatic carbocycles. The normalized spacial score (nSPS) is 12.8. The number of rotatable bonds is 4. The van der Waals surface area contributed by atoms with Crippen molar-refractivity contribution in [2.45, 2.75) is 12.5 Å². The van der Waals surface area contributed by atoms with Crippen molar-refractivity contribution in [1.29, 1.82) is 0 Å². The Morgan fingerprint density at radius 2 is 2.46 bits per heavy atom. The lowest BCUT2D eigenvalue weighted by atomic mass is 10.1. The number of pyridine rings is 1. The van der Waals surface area contributed by atoms with Crippen LogP contribution in [0.5, 0.6) is 0 Å². The van der Waals surface area contributed by atoms with Crippen LogP contribution in [-0.4, -0.2) is 29.8 Å². The van der Waals surface area contributed by atoms with Crippen LogP contribution in [0.15, 0.2) is 18.5 Å². The highest BCUT2D eigenvalue weighted by atomic mass is 35.5. The monoisotopic (exact) mass is 200 g/mol. The summed E-state index contributed by atoms with van der Waals surface area (Å²) in [5, 5.41) is 13.0. The van der Waals surface area contributed by atoms with Gasteiger partial charge in [0.25, 0.3) is 0 Å². The maximum absolute atomic E-state index is 9.49. The van der Waals surface area contributed by atoms with Gasteiger partial charge in [0.2, 0.25) is 0 Å². The second-order valence-corrected chi connectivity index (χ2v) is 3.29. The quantitative estimate of drug-likeness (QED) is 0.758. The number of hydrogen-bond acceptors (Lipinski definition) is 3. The Balaban J connectivity index is 2.58. The number of nitrogens with zero attached hydrogens (tertiary/aromatic N) is 1. The van der Waals surface area contributed by atoms with Gasteiger partial charge in [0.15, 0.2) is 0 Å². The molecule has 4 heteroatoms. The molecule has 0 bridgehead atoms. The van der Waals surface area contributed by atoms with Crippen LogP contribution < -0.4 is 5.32 Å². The number of aromatic nitrogens is 1. The lowest BCUT2D eigenvalue weighted by molar-refractivity contribution is 0.175. The molecule has 0 saturated carbocycles. The number of hydrogen-bond donors (Lipinski definition) is 2. The summed E-state index contributed by atoms with van der Waals surface area (Å²) >= 11 is 5.87. The molecule has 1 unspecified atom stereocenters. The van der Waals surface area contributed by atoms with Gasteiger partial charge in [0.05, 0.1) is 11.1 Å². The van der Waals surface area contributed by atoms with Gasteiger partial charge in [-0.05, 0) is 18.7 Å². The van der Waals surface area contributed by atoms with Gasteiger partial charge in [-0.3, -0.25) is 4.98 Å². The summed E-state index contributed by atoms with van der Waals surface area (Å²) in [6.07, 6.45) is 3.42. The molecule has 0 aliphatic rings. The summed E-state index contributed by atoms with van der Waals surface area (Å²) in [4.78, 5) is 3.87. The van der Waals surface area contributed by atoms with E-state index in [0.29, 0.717) is 18.0 Å². The Hall–Kier alpha value is -0.640. The maximum Gasteiger partial charge on any atom is 0.0705 e. The fourth-order valence-electron chi connectivity index (χ4n) is 1.13. The van der Waals surface area contributed by atoms with Gasteiger partial charge in [-0.15, -0.1) is 0 Å². The highest BCUT2D eigenvalue weighted by Crippen LogP contribution is 2.14. The van der Waals surface area contributed by atoms with E-state index >= 15 is 0 Å². The standard InChI is InChI=1S/C9H13ClN2O/c1-11-5-8(13)4-7-2-3-12-6-9(7)10/h2-3,6,8,11,13H,4-5H2,1H3. The van der Waals surface area contributed by atoms with E-state index in [4.69, 9.17) is 11.6 Å². The van der Waals surface area contributed by atoms with Crippen molar-refractivity contribution in [1.82, 2.24) is 10.3 Å². The minimum Gasteiger partial charge on any atom is -0.391 e. The van der Waals surface area contributed by atoms with Gasteiger partial charge in [-0.1, -0.05) is 11.6 Å². The zero-order valence-corrected chi connectivity index (χ0v) is 8.25. The molecule has 1 aromatic rings. The topological polar surface area (TPSA) is 45.1 Å². The van der Waals surface area contributed by atoms with Crippen LogP contribution in [0, 0.1) is 0 Å². The molecule has 0 saturated heterocycles. The van der Waals surface area contributed by atoms with Crippen LogP contribution >= 0.6 is 11.6 Å². The Morgan fingerprint density at radius 3 is 3.08 bits per heavy atom. The lowest BCUT2D eigenvalue weighted by Gasteiger charge is -2.10. The maximum atomic E-state index is 9.49. The largest absolute Gasteiger partial charge is 0.391 e. The van der Waals surface area contributed by atoms with Crippen LogP contribution in [-0.2, 0) is 6.42 Å². The van der Waals surface area contributed by atoms with E-state index < -0.39 is 6.10 Å². The third-order valence-electron chi connectivity index (χ3n) is 1.75. The van der Waals surface area contributed by atoms with Gasteiger partial charge in [-0.25, -0.2) is 0 Å². The van der Waals surface area contributed by atoms with Crippen LogP contribution in [0.1, 0.15) is 5.56 Å². The zero-order valence-electron chi connectivity index (χ0n) is 7.50. The number of halogens is 1. The zero-order chi connectivity index (χ0) is 9.68. The first-order valence-corrected chi connectivity index (χ1v) is 4.53. The average Bonchev–Trinajstić information content (AvgIpc) is 2.09. The number of aliphatic hydroxyl groups excluding tert-OH is 1. The molecule has 1 heterocycles. The van der Waals surface area contributed by atoms with E-state index in [-0.39, 0.29) is 0 Å². The Bertz CT molecular complexity index is 268. The molecule has 13 heavy (non-hydrogen) atoms. The van der Waals surface area contributed by atoms with Gasteiger partial charge >= 0.3 is 0 Å². The molecule has 2 N–H and O–H groups in total. The van der Waals surface area contributed by atoms with Gasteiger partial charge in [0.1, 0.15) is 0 Å². The summed E-state index contributed by atoms with van der Waals surface area (Å²) in [6.45, 7) is 0.568. The summed E-state index contributed by atoms with van der Waals surface area (Å²) in [7, 11) is 1.80. The van der Waals surface area contributed by atoms with Crippen molar-refractivity contribution in [2.24, 2.45) is 0 Å². The van der Waals surface area contributed by atoms with Crippen molar-refractivity contribution in [3.05, 3.63) is 29.0 Å². The Kier molecular flexibility index (Phi) is 4.15. The third kappa shape index (κ3) is 3.30. The van der Waals surface area contributed by atoms with Gasteiger partial charge < -0.3 is 10.4 Å². The van der Waals surface area contributed by atoms with Crippen LogP contribution in [0.2, 0.25) is 5.02 Å². The first-order chi connectivity index (χ1) is 6.24. The fraction of sp³-hybridized carbons (Fsp3) is 0.444. The number of aliphatic hydroxyl groups is 1. The minimum absolute atomic E-state index is 0.398. The number of nitrogens with one attached hydrogen (secondary N) is 1. The molecule has 0 aromatic carbocycles. The van der Waals surface area contributed by atoms with Crippen molar-refractivity contribution in [2.75, 3.05) is 13.6 Å². The van der Waals surface area contributed by atoms with Crippen molar-refractivity contribution in [3.63, 3.8) is 0 Å². The summed E-state index contributed by atoms with van der Waals surface area (Å²) in [5.74, 6) is 0. The van der Waals surface area contributed by atoms with Crippen molar-refractivity contribution >= 4 is 11.6 Å². The highest BCUT2D eigenvalue weighted by Gasteiger charge is 2.06. The molecule has 1 rings (SSSR count). The Morgan fingerprint density at radius 1 is 1.69 bits per heavy atom. The number of likely N-dealkylation sites (N-methyl/N-ethyl adjacent to an activating group) is 1. The van der Waals surface area contributed by atoms with E-state index in [2.05, 4.69) is 10.3 Å². The summed E-state index contributed by atoms with van der Waals surface area (Å²) < 4.78 is 0. The molecular formula is C9H13ClN2O. The van der Waals surface area contributed by atoms with Crippen LogP contribution in [0.3, 0.4) is 0 Å². The molecule has 0 aliphatic heterocycles. The summed E-state index contributed by atoms with van der Waals surface area (Å²) in [6, 6.07) is 1.82. The predicted octanol–water partition coefficient (Wildman–Crippen LogP) is 0.858. The van der Waals surface area contributed by atoms with E-state index in [1.807, 2.05) is 6.07 Å². The first kappa shape index (κ1) is 10.4. The average molecular weight is 201 g/mol. The first-order valence-electron chi connectivity index (χ1n) is 4.15. The lowest BCUT2D eigenvalue weighted by Crippen LogP contribution is -2.25. The van der Waals surface area contributed by atoms with Gasteiger partial charge in [0, 0.05) is 25.4 Å². The van der Waals surface area contributed by atoms with E-state index in [9.17, 15) is 5.11 Å². The fourth-order valence-corrected chi connectivity index (χ4v) is 1.33. The van der Waals surface area contributed by atoms with Crippen LogP contribution in [0.4, 0.5) is 0 Å². The molecule has 3 nitrogen and oxygen atoms in total. The van der Waals surface area contributed by atoms with Crippen molar-refractivity contribution in [3.8, 4) is 0 Å². The molecule has 1 aromatic heterocycles. The SMILES string of the molecule is CNCC(O)Cc1ccncc1Cl. The second-order valence-electron chi connectivity index (χ2n) is 2.88. The molecule has 0 amide bonds. The highest BCUT2D eigenvalue weighted by molar-refractivity contribution is 6.31. The molecule has 0 radical (unpaired) electrons.